The zero-order valence-electron chi connectivity index (χ0n) is 7.74. The van der Waals surface area contributed by atoms with Crippen molar-refractivity contribution in [2.45, 2.75) is 19.9 Å². The predicted molar refractivity (Wildman–Crippen MR) is 51.5 cm³/mol. The molecule has 1 aromatic rings. The van der Waals surface area contributed by atoms with E-state index in [0.29, 0.717) is 11.4 Å². The van der Waals surface area contributed by atoms with Crippen LogP contribution >= 0.6 is 0 Å². The van der Waals surface area contributed by atoms with Gasteiger partial charge in [-0.25, -0.2) is 4.98 Å². The van der Waals surface area contributed by atoms with Crippen molar-refractivity contribution in [3.05, 3.63) is 23.9 Å². The van der Waals surface area contributed by atoms with Gasteiger partial charge in [0.25, 0.3) is 0 Å². The van der Waals surface area contributed by atoms with E-state index in [9.17, 15) is 4.79 Å². The van der Waals surface area contributed by atoms with E-state index >= 15 is 0 Å². The Kier molecular flexibility index (Phi) is 2.84. The number of carbonyl (C=O) groups excluding carboxylic acids is 1. The first kappa shape index (κ1) is 9.51. The van der Waals surface area contributed by atoms with Crippen molar-refractivity contribution in [1.29, 1.82) is 0 Å². The van der Waals surface area contributed by atoms with Crippen molar-refractivity contribution < 1.29 is 4.79 Å². The highest BCUT2D eigenvalue weighted by Gasteiger charge is 2.02. The lowest BCUT2D eigenvalue weighted by Gasteiger charge is -2.08. The van der Waals surface area contributed by atoms with E-state index in [-0.39, 0.29) is 6.04 Å². The van der Waals surface area contributed by atoms with Gasteiger partial charge in [-0.1, -0.05) is 0 Å². The molecule has 13 heavy (non-hydrogen) atoms. The summed E-state index contributed by atoms with van der Waals surface area (Å²) in [5.74, 6) is 0.237. The van der Waals surface area contributed by atoms with Gasteiger partial charge in [-0.05, 0) is 26.0 Å². The van der Waals surface area contributed by atoms with Crippen LogP contribution in [0.1, 0.15) is 24.2 Å². The van der Waals surface area contributed by atoms with Crippen molar-refractivity contribution >= 4 is 11.7 Å². The zero-order chi connectivity index (χ0) is 9.84. The number of hydrogen-bond acceptors (Lipinski definition) is 3. The van der Waals surface area contributed by atoms with Crippen molar-refractivity contribution in [3.8, 4) is 0 Å². The van der Waals surface area contributed by atoms with E-state index in [4.69, 9.17) is 5.73 Å². The third-order valence-corrected chi connectivity index (χ3v) is 1.48. The van der Waals surface area contributed by atoms with Crippen LogP contribution in [0.2, 0.25) is 0 Å². The van der Waals surface area contributed by atoms with E-state index in [0.717, 1.165) is 0 Å². The molecule has 0 saturated heterocycles. The van der Waals surface area contributed by atoms with Gasteiger partial charge < -0.3 is 11.1 Å². The molecule has 0 spiro atoms. The molecule has 0 saturated carbocycles. The Morgan fingerprint density at radius 1 is 1.62 bits per heavy atom. The van der Waals surface area contributed by atoms with Crippen LogP contribution in [0, 0.1) is 0 Å². The molecule has 1 heterocycles. The summed E-state index contributed by atoms with van der Waals surface area (Å²) in [6.07, 6.45) is 1.56. The molecule has 4 nitrogen and oxygen atoms in total. The molecule has 70 valence electrons. The summed E-state index contributed by atoms with van der Waals surface area (Å²) in [6, 6.07) is 3.52. The van der Waals surface area contributed by atoms with Crippen LogP contribution in [0.5, 0.6) is 0 Å². The maximum atomic E-state index is 10.8. The first-order chi connectivity index (χ1) is 6.09. The highest BCUT2D eigenvalue weighted by molar-refractivity contribution is 5.93. The predicted octanol–water partition coefficient (Wildman–Crippen LogP) is 1.00. The molecule has 1 rings (SSSR count). The minimum atomic E-state index is -0.436. The highest BCUT2D eigenvalue weighted by Crippen LogP contribution is 2.06. The average molecular weight is 179 g/mol. The van der Waals surface area contributed by atoms with E-state index in [1.165, 1.54) is 0 Å². The second kappa shape index (κ2) is 3.89. The molecule has 0 aliphatic heterocycles. The summed E-state index contributed by atoms with van der Waals surface area (Å²) in [5, 5.41) is 3.08. The summed E-state index contributed by atoms with van der Waals surface area (Å²) in [4.78, 5) is 14.8. The molecular weight excluding hydrogens is 166 g/mol. The molecule has 0 aliphatic carbocycles. The van der Waals surface area contributed by atoms with Gasteiger partial charge in [0.2, 0.25) is 5.91 Å². The summed E-state index contributed by atoms with van der Waals surface area (Å²) in [7, 11) is 0. The van der Waals surface area contributed by atoms with Gasteiger partial charge in [-0.15, -0.1) is 0 Å². The third-order valence-electron chi connectivity index (χ3n) is 1.48. The number of amides is 1. The van der Waals surface area contributed by atoms with Crippen LogP contribution in [0.15, 0.2) is 18.3 Å². The topological polar surface area (TPSA) is 68.0 Å². The number of aromatic nitrogens is 1. The Morgan fingerprint density at radius 2 is 2.31 bits per heavy atom. The third kappa shape index (κ3) is 2.74. The number of primary amides is 1. The van der Waals surface area contributed by atoms with Gasteiger partial charge in [-0.2, -0.15) is 0 Å². The monoisotopic (exact) mass is 179 g/mol. The van der Waals surface area contributed by atoms with Gasteiger partial charge in [0.15, 0.2) is 0 Å². The van der Waals surface area contributed by atoms with E-state index in [1.807, 2.05) is 13.8 Å². The van der Waals surface area contributed by atoms with Crippen LogP contribution in [0.25, 0.3) is 0 Å². The highest BCUT2D eigenvalue weighted by atomic mass is 16.1. The van der Waals surface area contributed by atoms with Gasteiger partial charge in [0, 0.05) is 17.8 Å². The minimum absolute atomic E-state index is 0.288. The number of anilines is 1. The van der Waals surface area contributed by atoms with E-state index in [2.05, 4.69) is 10.3 Å². The number of carbonyl (C=O) groups is 1. The molecule has 1 aromatic heterocycles. The fourth-order valence-corrected chi connectivity index (χ4v) is 0.959. The van der Waals surface area contributed by atoms with Crippen molar-refractivity contribution in [2.24, 2.45) is 5.73 Å². The SMILES string of the molecule is CC(C)Nc1cc(C(N)=O)ccn1. The molecule has 0 radical (unpaired) electrons. The number of nitrogens with two attached hydrogens (primary N) is 1. The Bertz CT molecular complexity index is 309. The molecule has 3 N–H and O–H groups in total. The molecule has 0 atom stereocenters. The van der Waals surface area contributed by atoms with Crippen LogP contribution in [-0.2, 0) is 0 Å². The lowest BCUT2D eigenvalue weighted by atomic mass is 10.2. The lowest BCUT2D eigenvalue weighted by Crippen LogP contribution is -2.14. The average Bonchev–Trinajstić information content (AvgIpc) is 2.03. The number of nitrogens with one attached hydrogen (secondary N) is 1. The van der Waals surface area contributed by atoms with Crippen molar-refractivity contribution in [3.63, 3.8) is 0 Å². The minimum Gasteiger partial charge on any atom is -0.368 e. The molecule has 0 unspecified atom stereocenters. The summed E-state index contributed by atoms with van der Waals surface area (Å²) in [5.41, 5.74) is 5.59. The number of pyridine rings is 1. The van der Waals surface area contributed by atoms with Crippen LogP contribution < -0.4 is 11.1 Å². The van der Waals surface area contributed by atoms with Crippen LogP contribution in [0.4, 0.5) is 5.82 Å². The lowest BCUT2D eigenvalue weighted by molar-refractivity contribution is 0.1000. The van der Waals surface area contributed by atoms with Crippen LogP contribution in [0.3, 0.4) is 0 Å². The second-order valence-corrected chi connectivity index (χ2v) is 3.09. The fraction of sp³-hybridized carbons (Fsp3) is 0.333. The summed E-state index contributed by atoms with van der Waals surface area (Å²) < 4.78 is 0. The van der Waals surface area contributed by atoms with E-state index in [1.54, 1.807) is 18.3 Å². The van der Waals surface area contributed by atoms with E-state index < -0.39 is 5.91 Å². The first-order valence-electron chi connectivity index (χ1n) is 4.12. The summed E-state index contributed by atoms with van der Waals surface area (Å²) >= 11 is 0. The van der Waals surface area contributed by atoms with Gasteiger partial charge in [0.05, 0.1) is 0 Å². The molecular formula is C9H13N3O. The standard InChI is InChI=1S/C9H13N3O/c1-6(2)12-8-5-7(9(10)13)3-4-11-8/h3-6H,1-2H3,(H2,10,13)(H,11,12). The van der Waals surface area contributed by atoms with Gasteiger partial charge in [0.1, 0.15) is 5.82 Å². The Labute approximate surface area is 77.2 Å². The molecule has 1 amide bonds. The number of hydrogen-bond donors (Lipinski definition) is 2. The quantitative estimate of drug-likeness (QED) is 0.727. The first-order valence-corrected chi connectivity index (χ1v) is 4.12. The van der Waals surface area contributed by atoms with Crippen LogP contribution in [-0.4, -0.2) is 16.9 Å². The molecule has 4 heteroatoms. The van der Waals surface area contributed by atoms with Gasteiger partial charge >= 0.3 is 0 Å². The maximum absolute atomic E-state index is 10.8. The Morgan fingerprint density at radius 3 is 2.85 bits per heavy atom. The number of nitrogens with zero attached hydrogens (tertiary/aromatic N) is 1. The van der Waals surface area contributed by atoms with Crippen molar-refractivity contribution in [2.75, 3.05) is 5.32 Å². The fourth-order valence-electron chi connectivity index (χ4n) is 0.959. The second-order valence-electron chi connectivity index (χ2n) is 3.09. The molecule has 0 bridgehead atoms. The number of rotatable bonds is 3. The summed E-state index contributed by atoms with van der Waals surface area (Å²) in [6.45, 7) is 4.00. The smallest absolute Gasteiger partial charge is 0.248 e. The molecule has 0 aromatic carbocycles. The zero-order valence-corrected chi connectivity index (χ0v) is 7.74. The maximum Gasteiger partial charge on any atom is 0.248 e. The molecule has 0 fully saturated rings. The Hall–Kier alpha value is -1.58. The van der Waals surface area contributed by atoms with Gasteiger partial charge in [-0.3, -0.25) is 4.79 Å². The molecule has 0 aliphatic rings. The normalized spacial score (nSPS) is 10.1. The Balaban J connectivity index is 2.85. The van der Waals surface area contributed by atoms with Crippen molar-refractivity contribution in [1.82, 2.24) is 4.98 Å². The largest absolute Gasteiger partial charge is 0.368 e.